The Balaban J connectivity index is 4.40. The van der Waals surface area contributed by atoms with Gasteiger partial charge in [0.2, 0.25) is 0 Å². The number of hydrogen-bond donors (Lipinski definition) is 1. The molecule has 1 N–H and O–H groups in total. The van der Waals surface area contributed by atoms with Crippen molar-refractivity contribution in [1.29, 1.82) is 0 Å². The molecule has 0 spiro atoms. The van der Waals surface area contributed by atoms with Gasteiger partial charge in [0, 0.05) is 11.8 Å². The van der Waals surface area contributed by atoms with Crippen molar-refractivity contribution in [2.24, 2.45) is 5.41 Å². The molecule has 0 amide bonds. The number of aliphatic hydroxyl groups excluding tert-OH is 1. The van der Waals surface area contributed by atoms with Crippen LogP contribution in [-0.4, -0.2) is 11.2 Å². The predicted molar refractivity (Wildman–Crippen MR) is 51.6 cm³/mol. The van der Waals surface area contributed by atoms with Crippen LogP contribution in [0.3, 0.4) is 0 Å². The van der Waals surface area contributed by atoms with E-state index in [0.29, 0.717) is 6.42 Å². The zero-order chi connectivity index (χ0) is 9.61. The minimum Gasteiger partial charge on any atom is -0.391 e. The summed E-state index contributed by atoms with van der Waals surface area (Å²) in [6.07, 6.45) is 8.65. The molecule has 0 saturated heterocycles. The van der Waals surface area contributed by atoms with Gasteiger partial charge in [-0.2, -0.15) is 0 Å². The highest BCUT2D eigenvalue weighted by Crippen LogP contribution is 2.23. The number of hydrogen-bond acceptors (Lipinski definition) is 1. The van der Waals surface area contributed by atoms with Crippen molar-refractivity contribution in [3.63, 3.8) is 0 Å². The van der Waals surface area contributed by atoms with Crippen LogP contribution in [0, 0.1) is 17.8 Å². The molecule has 1 nitrogen and oxygen atoms in total. The monoisotopic (exact) mass is 164 g/mol. The lowest BCUT2D eigenvalue weighted by Crippen LogP contribution is -2.26. The van der Waals surface area contributed by atoms with Crippen LogP contribution in [0.2, 0.25) is 0 Å². The minimum atomic E-state index is -0.491. The normalized spacial score (nSPS) is 12.6. The summed E-state index contributed by atoms with van der Waals surface area (Å²) < 4.78 is 0. The molecule has 0 aliphatic heterocycles. The molecule has 0 aromatic carbocycles. The average molecular weight is 164 g/mol. The Morgan fingerprint density at radius 1 is 1.58 bits per heavy atom. The Kier molecular flexibility index (Phi) is 4.44. The van der Waals surface area contributed by atoms with Crippen LogP contribution >= 0.6 is 0 Å². The number of terminal acetylenes is 1. The van der Waals surface area contributed by atoms with Gasteiger partial charge in [-0.15, -0.1) is 18.1 Å². The minimum absolute atomic E-state index is 0.293. The van der Waals surface area contributed by atoms with Crippen molar-refractivity contribution in [3.8, 4) is 12.3 Å². The Labute approximate surface area is 74.8 Å². The van der Waals surface area contributed by atoms with Gasteiger partial charge in [0.25, 0.3) is 0 Å². The second-order valence-corrected chi connectivity index (χ2v) is 3.35. The van der Waals surface area contributed by atoms with Gasteiger partial charge in [-0.3, -0.25) is 0 Å². The molecule has 0 aromatic rings. The topological polar surface area (TPSA) is 20.2 Å². The fourth-order valence-corrected chi connectivity index (χ4v) is 0.769. The molecule has 0 aliphatic rings. The van der Waals surface area contributed by atoms with Gasteiger partial charge >= 0.3 is 0 Å². The van der Waals surface area contributed by atoms with E-state index in [9.17, 15) is 5.11 Å². The molecule has 0 heterocycles. The summed E-state index contributed by atoms with van der Waals surface area (Å²) in [5.41, 5.74) is 2.66. The fraction of sp³-hybridized carbons (Fsp3) is 0.545. The molecule has 1 unspecified atom stereocenters. The van der Waals surface area contributed by atoms with Crippen molar-refractivity contribution in [2.45, 2.75) is 33.3 Å². The summed E-state index contributed by atoms with van der Waals surface area (Å²) in [5.74, 6) is 2.44. The zero-order valence-electron chi connectivity index (χ0n) is 7.96. The van der Waals surface area contributed by atoms with Crippen molar-refractivity contribution in [2.75, 3.05) is 0 Å². The fourth-order valence-electron chi connectivity index (χ4n) is 0.769. The quantitative estimate of drug-likeness (QED) is 0.500. The third-order valence-corrected chi connectivity index (χ3v) is 1.79. The molecule has 0 fully saturated rings. The van der Waals surface area contributed by atoms with Crippen LogP contribution in [0.4, 0.5) is 0 Å². The highest BCUT2D eigenvalue weighted by molar-refractivity contribution is 5.02. The first-order valence-electron chi connectivity index (χ1n) is 4.04. The van der Waals surface area contributed by atoms with Crippen molar-refractivity contribution < 1.29 is 5.11 Å². The van der Waals surface area contributed by atoms with E-state index >= 15 is 0 Å². The Bertz CT molecular complexity index is 224. The maximum Gasteiger partial charge on any atom is 0.0740 e. The maximum absolute atomic E-state index is 9.58. The SMILES string of the molecule is C#CCC(O)C(C)(C)C=C=CC. The van der Waals surface area contributed by atoms with Crippen LogP contribution in [0.15, 0.2) is 17.9 Å². The molecule has 0 aromatic heterocycles. The van der Waals surface area contributed by atoms with Gasteiger partial charge in [0.05, 0.1) is 6.10 Å². The lowest BCUT2D eigenvalue weighted by atomic mass is 9.85. The average Bonchev–Trinajstić information content (AvgIpc) is 2.01. The Morgan fingerprint density at radius 3 is 2.58 bits per heavy atom. The van der Waals surface area contributed by atoms with Gasteiger partial charge in [0.1, 0.15) is 0 Å². The van der Waals surface area contributed by atoms with E-state index in [0.717, 1.165) is 0 Å². The van der Waals surface area contributed by atoms with Crippen LogP contribution < -0.4 is 0 Å². The third kappa shape index (κ3) is 3.44. The number of rotatable bonds is 3. The summed E-state index contributed by atoms with van der Waals surface area (Å²) in [5, 5.41) is 9.58. The molecule has 0 bridgehead atoms. The van der Waals surface area contributed by atoms with E-state index in [1.165, 1.54) is 0 Å². The van der Waals surface area contributed by atoms with Crippen LogP contribution in [-0.2, 0) is 0 Å². The lowest BCUT2D eigenvalue weighted by Gasteiger charge is -2.24. The molecule has 0 rings (SSSR count). The van der Waals surface area contributed by atoms with E-state index in [2.05, 4.69) is 11.7 Å². The first-order valence-corrected chi connectivity index (χ1v) is 4.04. The summed E-state index contributed by atoms with van der Waals surface area (Å²) in [4.78, 5) is 0. The molecule has 0 saturated carbocycles. The highest BCUT2D eigenvalue weighted by Gasteiger charge is 2.23. The first kappa shape index (κ1) is 11.0. The summed E-state index contributed by atoms with van der Waals surface area (Å²) >= 11 is 0. The molecule has 0 aliphatic carbocycles. The van der Waals surface area contributed by atoms with Gasteiger partial charge in [-0.05, 0) is 19.1 Å². The summed E-state index contributed by atoms with van der Waals surface area (Å²) in [6.45, 7) is 5.76. The smallest absolute Gasteiger partial charge is 0.0740 e. The molecule has 66 valence electrons. The lowest BCUT2D eigenvalue weighted by molar-refractivity contribution is 0.0869. The zero-order valence-corrected chi connectivity index (χ0v) is 7.96. The van der Waals surface area contributed by atoms with Crippen molar-refractivity contribution in [3.05, 3.63) is 17.9 Å². The second kappa shape index (κ2) is 4.83. The highest BCUT2D eigenvalue weighted by atomic mass is 16.3. The number of aliphatic hydroxyl groups is 1. The third-order valence-electron chi connectivity index (χ3n) is 1.79. The van der Waals surface area contributed by atoms with E-state index < -0.39 is 6.10 Å². The van der Waals surface area contributed by atoms with E-state index in [-0.39, 0.29) is 5.41 Å². The standard InChI is InChI=1S/C11H16O/c1-5-7-9-11(3,4)10(12)8-6-2/h2,5,9-10,12H,8H2,1,3-4H3. The molecule has 0 radical (unpaired) electrons. The summed E-state index contributed by atoms with van der Waals surface area (Å²) in [6, 6.07) is 0. The van der Waals surface area contributed by atoms with Gasteiger partial charge in [-0.25, -0.2) is 0 Å². The second-order valence-electron chi connectivity index (χ2n) is 3.35. The predicted octanol–water partition coefficient (Wildman–Crippen LogP) is 2.13. The molecular weight excluding hydrogens is 148 g/mol. The van der Waals surface area contributed by atoms with Crippen molar-refractivity contribution in [1.82, 2.24) is 0 Å². The largest absolute Gasteiger partial charge is 0.391 e. The van der Waals surface area contributed by atoms with E-state index in [4.69, 9.17) is 6.42 Å². The first-order chi connectivity index (χ1) is 5.54. The molecular formula is C11H16O. The van der Waals surface area contributed by atoms with Gasteiger partial charge in [-0.1, -0.05) is 13.8 Å². The maximum atomic E-state index is 9.58. The van der Waals surface area contributed by atoms with Crippen LogP contribution in [0.1, 0.15) is 27.2 Å². The van der Waals surface area contributed by atoms with Gasteiger partial charge in [0.15, 0.2) is 0 Å². The molecule has 1 atom stereocenters. The summed E-state index contributed by atoms with van der Waals surface area (Å²) in [7, 11) is 0. The van der Waals surface area contributed by atoms with Gasteiger partial charge < -0.3 is 5.11 Å². The Morgan fingerprint density at radius 2 is 2.17 bits per heavy atom. The molecule has 1 heteroatoms. The van der Waals surface area contributed by atoms with Crippen molar-refractivity contribution >= 4 is 0 Å². The van der Waals surface area contributed by atoms with Crippen LogP contribution in [0.25, 0.3) is 0 Å². The Hall–Kier alpha value is -0.960. The van der Waals surface area contributed by atoms with E-state index in [1.807, 2.05) is 32.9 Å². The van der Waals surface area contributed by atoms with Crippen LogP contribution in [0.5, 0.6) is 0 Å². The van der Waals surface area contributed by atoms with E-state index in [1.54, 1.807) is 0 Å². The molecule has 12 heavy (non-hydrogen) atoms.